The van der Waals surface area contributed by atoms with Gasteiger partial charge in [-0.3, -0.25) is 4.98 Å². The first-order valence-electron chi connectivity index (χ1n) is 10.7. The Morgan fingerprint density at radius 1 is 1.00 bits per heavy atom. The lowest BCUT2D eigenvalue weighted by molar-refractivity contribution is -0.137. The summed E-state index contributed by atoms with van der Waals surface area (Å²) in [6, 6.07) is 17.3. The number of hydrogen-bond acceptors (Lipinski definition) is 8. The van der Waals surface area contributed by atoms with E-state index in [0.717, 1.165) is 12.1 Å². The van der Waals surface area contributed by atoms with Crippen LogP contribution in [-0.4, -0.2) is 30.8 Å². The summed E-state index contributed by atoms with van der Waals surface area (Å²) < 4.78 is 47.2. The van der Waals surface area contributed by atoms with Crippen LogP contribution in [0.4, 0.5) is 24.8 Å². The fourth-order valence-electron chi connectivity index (χ4n) is 3.57. The monoisotopic (exact) mass is 519 g/mol. The van der Waals surface area contributed by atoms with Gasteiger partial charge in [0.15, 0.2) is 0 Å². The summed E-state index contributed by atoms with van der Waals surface area (Å²) >= 11 is 1.19. The summed E-state index contributed by atoms with van der Waals surface area (Å²) in [4.78, 5) is 12.7. The van der Waals surface area contributed by atoms with Gasteiger partial charge in [-0.15, -0.1) is 16.9 Å². The highest BCUT2D eigenvalue weighted by atomic mass is 32.2. The van der Waals surface area contributed by atoms with Crippen molar-refractivity contribution >= 4 is 29.2 Å². The third kappa shape index (κ3) is 5.03. The molecule has 0 bridgehead atoms. The molecule has 5 aromatic rings. The minimum Gasteiger partial charge on any atom is -0.457 e. The number of anilines is 2. The van der Waals surface area contributed by atoms with Gasteiger partial charge in [0.1, 0.15) is 28.2 Å². The maximum absolute atomic E-state index is 13.4. The molecule has 0 amide bonds. The standard InChI is InChI=1S/C25H16F3N7OS/c1-37-22-20(14-29)21(15-3-2-4-16(13-15)25(26,27)28)35-24(32-22)33-23(34-35)31-17-5-7-18(8-6-17)36-19-9-11-30-12-10-19/h2-13H,1H3,(H,31,34). The van der Waals surface area contributed by atoms with Gasteiger partial charge in [0.05, 0.1) is 11.3 Å². The van der Waals surface area contributed by atoms with Crippen LogP contribution in [0, 0.1) is 11.3 Å². The van der Waals surface area contributed by atoms with Crippen molar-refractivity contribution in [2.24, 2.45) is 0 Å². The minimum absolute atomic E-state index is 0.105. The molecule has 0 atom stereocenters. The van der Waals surface area contributed by atoms with Crippen LogP contribution >= 0.6 is 11.8 Å². The van der Waals surface area contributed by atoms with Crippen molar-refractivity contribution in [1.82, 2.24) is 24.6 Å². The quantitative estimate of drug-likeness (QED) is 0.205. The molecule has 0 aliphatic carbocycles. The third-order valence-electron chi connectivity index (χ3n) is 5.22. The van der Waals surface area contributed by atoms with E-state index >= 15 is 0 Å². The molecule has 0 aliphatic rings. The number of halogens is 3. The molecule has 12 heteroatoms. The van der Waals surface area contributed by atoms with E-state index in [-0.39, 0.29) is 28.5 Å². The van der Waals surface area contributed by atoms with Crippen LogP contribution in [0.15, 0.2) is 78.1 Å². The van der Waals surface area contributed by atoms with Gasteiger partial charge in [-0.2, -0.15) is 27.9 Å². The highest BCUT2D eigenvalue weighted by Crippen LogP contribution is 2.35. The molecule has 3 heterocycles. The van der Waals surface area contributed by atoms with E-state index in [1.54, 1.807) is 55.0 Å². The van der Waals surface area contributed by atoms with Crippen molar-refractivity contribution in [2.75, 3.05) is 11.6 Å². The number of benzene rings is 2. The Balaban J connectivity index is 1.52. The predicted molar refractivity (Wildman–Crippen MR) is 132 cm³/mol. The fourth-order valence-corrected chi connectivity index (χ4v) is 4.09. The number of aromatic nitrogens is 5. The number of ether oxygens (including phenoxy) is 1. The lowest BCUT2D eigenvalue weighted by atomic mass is 10.0. The molecule has 5 rings (SSSR count). The normalized spacial score (nSPS) is 11.3. The van der Waals surface area contributed by atoms with Crippen LogP contribution in [0.3, 0.4) is 0 Å². The van der Waals surface area contributed by atoms with Crippen molar-refractivity contribution in [3.05, 3.63) is 84.2 Å². The zero-order valence-electron chi connectivity index (χ0n) is 19.1. The summed E-state index contributed by atoms with van der Waals surface area (Å²) in [7, 11) is 0. The van der Waals surface area contributed by atoms with Gasteiger partial charge < -0.3 is 10.1 Å². The molecule has 0 fully saturated rings. The number of thioether (sulfide) groups is 1. The molecule has 3 aromatic heterocycles. The number of nitrogens with one attached hydrogen (secondary N) is 1. The zero-order valence-corrected chi connectivity index (χ0v) is 19.9. The zero-order chi connectivity index (χ0) is 26.0. The van der Waals surface area contributed by atoms with Crippen LogP contribution < -0.4 is 10.1 Å². The molecule has 0 aliphatic heterocycles. The Morgan fingerprint density at radius 2 is 1.73 bits per heavy atom. The molecule has 184 valence electrons. The van der Waals surface area contributed by atoms with Gasteiger partial charge in [0, 0.05) is 23.6 Å². The maximum atomic E-state index is 13.4. The van der Waals surface area contributed by atoms with Crippen molar-refractivity contribution in [3.63, 3.8) is 0 Å². The highest BCUT2D eigenvalue weighted by Gasteiger charge is 2.31. The minimum atomic E-state index is -4.54. The lowest BCUT2D eigenvalue weighted by Gasteiger charge is -2.12. The van der Waals surface area contributed by atoms with E-state index in [1.807, 2.05) is 0 Å². The number of pyridine rings is 1. The summed E-state index contributed by atoms with van der Waals surface area (Å²) in [6.45, 7) is 0. The number of nitriles is 1. The second-order valence-corrected chi connectivity index (χ2v) is 8.41. The fraction of sp³-hybridized carbons (Fsp3) is 0.0800. The smallest absolute Gasteiger partial charge is 0.416 e. The van der Waals surface area contributed by atoms with Crippen LogP contribution in [0.5, 0.6) is 11.5 Å². The second kappa shape index (κ2) is 9.79. The molecule has 0 spiro atoms. The molecular weight excluding hydrogens is 503 g/mol. The number of alkyl halides is 3. The van der Waals surface area contributed by atoms with Gasteiger partial charge in [-0.05, 0) is 54.8 Å². The van der Waals surface area contributed by atoms with Crippen LogP contribution in [0.25, 0.3) is 17.0 Å². The first-order chi connectivity index (χ1) is 17.9. The molecular formula is C25H16F3N7OS. The predicted octanol–water partition coefficient (Wildman–Crippen LogP) is 6.33. The van der Waals surface area contributed by atoms with Crippen LogP contribution in [-0.2, 0) is 6.18 Å². The van der Waals surface area contributed by atoms with Crippen molar-refractivity contribution < 1.29 is 17.9 Å². The molecule has 1 N–H and O–H groups in total. The van der Waals surface area contributed by atoms with E-state index in [2.05, 4.69) is 31.4 Å². The van der Waals surface area contributed by atoms with Crippen LogP contribution in [0.2, 0.25) is 0 Å². The average Bonchev–Trinajstić information content (AvgIpc) is 3.30. The van der Waals surface area contributed by atoms with E-state index in [0.29, 0.717) is 22.2 Å². The van der Waals surface area contributed by atoms with E-state index in [9.17, 15) is 18.4 Å². The SMILES string of the molecule is CSc1nc2nc(Nc3ccc(Oc4ccncc4)cc3)nn2c(-c2cccc(C(F)(F)F)c2)c1C#N. The molecule has 37 heavy (non-hydrogen) atoms. The number of nitrogens with zero attached hydrogens (tertiary/aromatic N) is 6. The Kier molecular flexibility index (Phi) is 6.37. The molecule has 0 saturated heterocycles. The van der Waals surface area contributed by atoms with Gasteiger partial charge in [-0.25, -0.2) is 4.98 Å². The average molecular weight is 520 g/mol. The third-order valence-corrected chi connectivity index (χ3v) is 5.90. The summed E-state index contributed by atoms with van der Waals surface area (Å²) in [5.41, 5.74) is 0.252. The van der Waals surface area contributed by atoms with Crippen molar-refractivity contribution in [3.8, 4) is 28.8 Å². The maximum Gasteiger partial charge on any atom is 0.416 e. The van der Waals surface area contributed by atoms with E-state index in [1.165, 1.54) is 28.4 Å². The van der Waals surface area contributed by atoms with E-state index < -0.39 is 11.7 Å². The topological polar surface area (TPSA) is 101 Å². The summed E-state index contributed by atoms with van der Waals surface area (Å²) in [6.07, 6.45) is 0.435. The molecule has 0 saturated carbocycles. The second-order valence-electron chi connectivity index (χ2n) is 7.62. The van der Waals surface area contributed by atoms with Gasteiger partial charge >= 0.3 is 6.18 Å². The van der Waals surface area contributed by atoms with Crippen molar-refractivity contribution in [2.45, 2.75) is 11.2 Å². The van der Waals surface area contributed by atoms with Gasteiger partial charge in [0.2, 0.25) is 5.95 Å². The first kappa shape index (κ1) is 24.1. The van der Waals surface area contributed by atoms with Crippen LogP contribution in [0.1, 0.15) is 11.1 Å². The van der Waals surface area contributed by atoms with E-state index in [4.69, 9.17) is 4.74 Å². The van der Waals surface area contributed by atoms with Crippen molar-refractivity contribution in [1.29, 1.82) is 5.26 Å². The Hall–Kier alpha value is -4.63. The highest BCUT2D eigenvalue weighted by molar-refractivity contribution is 7.98. The number of rotatable bonds is 6. The van der Waals surface area contributed by atoms with Gasteiger partial charge in [0.25, 0.3) is 5.78 Å². The number of fused-ring (bicyclic) bond motifs is 1. The molecule has 2 aromatic carbocycles. The van der Waals surface area contributed by atoms with Gasteiger partial charge in [-0.1, -0.05) is 12.1 Å². The molecule has 0 unspecified atom stereocenters. The summed E-state index contributed by atoms with van der Waals surface area (Å²) in [5, 5.41) is 17.6. The Bertz CT molecular complexity index is 1610. The number of hydrogen-bond donors (Lipinski definition) is 1. The first-order valence-corrected chi connectivity index (χ1v) is 12.0. The largest absolute Gasteiger partial charge is 0.457 e. The summed E-state index contributed by atoms with van der Waals surface area (Å²) in [5.74, 6) is 1.54. The molecule has 0 radical (unpaired) electrons. The lowest BCUT2D eigenvalue weighted by Crippen LogP contribution is -2.07. The molecule has 8 nitrogen and oxygen atoms in total. The Labute approximate surface area is 212 Å². The Morgan fingerprint density at radius 3 is 2.41 bits per heavy atom.